The van der Waals surface area contributed by atoms with Crippen molar-refractivity contribution in [1.82, 2.24) is 9.55 Å². The first-order chi connectivity index (χ1) is 6.00. The SMILES string of the molecule is CC(=O)Cn1cc(Br)c(=O)[nH]c1=O. The van der Waals surface area contributed by atoms with E-state index in [0.717, 1.165) is 4.57 Å². The fourth-order valence-corrected chi connectivity index (χ4v) is 1.19. The summed E-state index contributed by atoms with van der Waals surface area (Å²) in [5.41, 5.74) is -1.08. The number of halogens is 1. The first kappa shape index (κ1) is 9.91. The van der Waals surface area contributed by atoms with E-state index in [9.17, 15) is 14.4 Å². The zero-order chi connectivity index (χ0) is 10.0. The monoisotopic (exact) mass is 246 g/mol. The van der Waals surface area contributed by atoms with E-state index < -0.39 is 11.2 Å². The smallest absolute Gasteiger partial charge is 0.298 e. The lowest BCUT2D eigenvalue weighted by molar-refractivity contribution is -0.117. The summed E-state index contributed by atoms with van der Waals surface area (Å²) >= 11 is 2.96. The Morgan fingerprint density at radius 2 is 2.23 bits per heavy atom. The maximum absolute atomic E-state index is 11.1. The Morgan fingerprint density at radius 3 is 2.77 bits per heavy atom. The van der Waals surface area contributed by atoms with Gasteiger partial charge in [-0.2, -0.15) is 0 Å². The molecule has 1 N–H and O–H groups in total. The Morgan fingerprint density at radius 1 is 1.62 bits per heavy atom. The fraction of sp³-hybridized carbons (Fsp3) is 0.286. The molecule has 1 heterocycles. The summed E-state index contributed by atoms with van der Waals surface area (Å²) in [7, 11) is 0. The molecule has 0 aromatic carbocycles. The van der Waals surface area contributed by atoms with E-state index in [2.05, 4.69) is 20.9 Å². The second-order valence-corrected chi connectivity index (χ2v) is 3.42. The topological polar surface area (TPSA) is 71.9 Å². The molecule has 6 heteroatoms. The van der Waals surface area contributed by atoms with Gasteiger partial charge in [-0.1, -0.05) is 0 Å². The number of Topliss-reactive ketones (excluding diaryl/α,β-unsaturated/α-hetero) is 1. The Kier molecular flexibility index (Phi) is 2.82. The molecule has 0 bridgehead atoms. The number of ketones is 1. The number of nitrogens with zero attached hydrogens (tertiary/aromatic N) is 1. The van der Waals surface area contributed by atoms with Gasteiger partial charge in [-0.05, 0) is 22.9 Å². The third-order valence-electron chi connectivity index (χ3n) is 1.36. The maximum atomic E-state index is 11.1. The Balaban J connectivity index is 3.24. The molecular weight excluding hydrogens is 240 g/mol. The molecule has 1 rings (SSSR count). The molecule has 13 heavy (non-hydrogen) atoms. The summed E-state index contributed by atoms with van der Waals surface area (Å²) in [6.07, 6.45) is 1.29. The number of carbonyl (C=O) groups is 1. The minimum atomic E-state index is -0.580. The zero-order valence-corrected chi connectivity index (χ0v) is 8.42. The lowest BCUT2D eigenvalue weighted by Gasteiger charge is -2.00. The maximum Gasteiger partial charge on any atom is 0.328 e. The van der Waals surface area contributed by atoms with Crippen molar-refractivity contribution in [2.45, 2.75) is 13.5 Å². The van der Waals surface area contributed by atoms with Gasteiger partial charge in [0.05, 0.1) is 11.0 Å². The van der Waals surface area contributed by atoms with Crippen LogP contribution in [-0.4, -0.2) is 15.3 Å². The molecule has 70 valence electrons. The molecule has 0 aliphatic heterocycles. The van der Waals surface area contributed by atoms with Gasteiger partial charge in [0.1, 0.15) is 5.78 Å². The van der Waals surface area contributed by atoms with Gasteiger partial charge in [-0.25, -0.2) is 4.79 Å². The third kappa shape index (κ3) is 2.38. The lowest BCUT2D eigenvalue weighted by atomic mass is 10.4. The molecule has 0 aliphatic rings. The quantitative estimate of drug-likeness (QED) is 0.792. The van der Waals surface area contributed by atoms with Crippen LogP contribution in [0.25, 0.3) is 0 Å². The summed E-state index contributed by atoms with van der Waals surface area (Å²) in [4.78, 5) is 34.7. The number of hydrogen-bond acceptors (Lipinski definition) is 3. The minimum Gasteiger partial charge on any atom is -0.298 e. The van der Waals surface area contributed by atoms with E-state index in [1.165, 1.54) is 13.1 Å². The van der Waals surface area contributed by atoms with Crippen LogP contribution in [0.5, 0.6) is 0 Å². The minimum absolute atomic E-state index is 0.0335. The second kappa shape index (κ2) is 3.69. The summed E-state index contributed by atoms with van der Waals surface area (Å²) in [5.74, 6) is -0.152. The van der Waals surface area contributed by atoms with Crippen LogP contribution >= 0.6 is 15.9 Å². The molecule has 1 aromatic heterocycles. The van der Waals surface area contributed by atoms with Gasteiger partial charge < -0.3 is 0 Å². The van der Waals surface area contributed by atoms with Crippen LogP contribution in [0.2, 0.25) is 0 Å². The molecule has 0 radical (unpaired) electrons. The fourth-order valence-electron chi connectivity index (χ4n) is 0.840. The number of H-pyrrole nitrogens is 1. The standard InChI is InChI=1S/C7H7BrN2O3/c1-4(11)2-10-3-5(8)6(12)9-7(10)13/h3H,2H2,1H3,(H,9,12,13). The highest BCUT2D eigenvalue weighted by Crippen LogP contribution is 1.97. The van der Waals surface area contributed by atoms with E-state index in [1.54, 1.807) is 0 Å². The van der Waals surface area contributed by atoms with Gasteiger partial charge in [-0.15, -0.1) is 0 Å². The van der Waals surface area contributed by atoms with Gasteiger partial charge in [-0.3, -0.25) is 19.1 Å². The molecule has 0 aliphatic carbocycles. The van der Waals surface area contributed by atoms with Gasteiger partial charge in [0.25, 0.3) is 5.56 Å². The molecule has 0 fully saturated rings. The highest BCUT2D eigenvalue weighted by atomic mass is 79.9. The normalized spacial score (nSPS) is 10.0. The molecule has 0 spiro atoms. The van der Waals surface area contributed by atoms with E-state index >= 15 is 0 Å². The van der Waals surface area contributed by atoms with Crippen LogP contribution in [0.15, 0.2) is 20.3 Å². The number of hydrogen-bond donors (Lipinski definition) is 1. The number of rotatable bonds is 2. The van der Waals surface area contributed by atoms with E-state index in [0.29, 0.717) is 0 Å². The van der Waals surface area contributed by atoms with Crippen LogP contribution in [0.3, 0.4) is 0 Å². The highest BCUT2D eigenvalue weighted by molar-refractivity contribution is 9.10. The summed E-state index contributed by atoms with van der Waals surface area (Å²) < 4.78 is 1.36. The molecule has 0 amide bonds. The van der Waals surface area contributed by atoms with Crippen molar-refractivity contribution < 1.29 is 4.79 Å². The van der Waals surface area contributed by atoms with Crippen molar-refractivity contribution in [1.29, 1.82) is 0 Å². The van der Waals surface area contributed by atoms with Crippen LogP contribution in [-0.2, 0) is 11.3 Å². The molecule has 5 nitrogen and oxygen atoms in total. The molecule has 1 aromatic rings. The van der Waals surface area contributed by atoms with E-state index in [4.69, 9.17) is 0 Å². The number of aromatic amines is 1. The van der Waals surface area contributed by atoms with Gasteiger partial charge >= 0.3 is 5.69 Å². The van der Waals surface area contributed by atoms with Crippen LogP contribution in [0.1, 0.15) is 6.92 Å². The second-order valence-electron chi connectivity index (χ2n) is 2.57. The van der Waals surface area contributed by atoms with Gasteiger partial charge in [0, 0.05) is 6.20 Å². The Labute approximate surface area is 81.5 Å². The number of carbonyl (C=O) groups excluding carboxylic acids is 1. The van der Waals surface area contributed by atoms with E-state index in [1.807, 2.05) is 0 Å². The molecule has 0 atom stereocenters. The van der Waals surface area contributed by atoms with Crippen molar-refractivity contribution >= 4 is 21.7 Å². The van der Waals surface area contributed by atoms with Crippen LogP contribution in [0, 0.1) is 0 Å². The van der Waals surface area contributed by atoms with E-state index in [-0.39, 0.29) is 16.8 Å². The lowest BCUT2D eigenvalue weighted by Crippen LogP contribution is -2.31. The molecule has 0 unspecified atom stereocenters. The van der Waals surface area contributed by atoms with Crippen LogP contribution in [0.4, 0.5) is 0 Å². The predicted molar refractivity (Wildman–Crippen MR) is 49.7 cm³/mol. The number of nitrogens with one attached hydrogen (secondary N) is 1. The molecule has 0 saturated heterocycles. The summed E-state index contributed by atoms with van der Waals surface area (Å²) in [6.45, 7) is 1.33. The van der Waals surface area contributed by atoms with Crippen molar-refractivity contribution in [2.24, 2.45) is 0 Å². The Hall–Kier alpha value is -1.17. The van der Waals surface area contributed by atoms with Crippen molar-refractivity contribution in [3.05, 3.63) is 31.5 Å². The Bertz CT molecular complexity index is 446. The zero-order valence-electron chi connectivity index (χ0n) is 6.83. The van der Waals surface area contributed by atoms with Crippen LogP contribution < -0.4 is 11.2 Å². The first-order valence-electron chi connectivity index (χ1n) is 3.49. The molecule has 0 saturated carbocycles. The highest BCUT2D eigenvalue weighted by Gasteiger charge is 2.02. The number of aromatic nitrogens is 2. The third-order valence-corrected chi connectivity index (χ3v) is 1.93. The summed E-state index contributed by atoms with van der Waals surface area (Å²) in [6, 6.07) is 0. The first-order valence-corrected chi connectivity index (χ1v) is 4.28. The average molecular weight is 247 g/mol. The van der Waals surface area contributed by atoms with Gasteiger partial charge in [0.2, 0.25) is 0 Å². The largest absolute Gasteiger partial charge is 0.328 e. The predicted octanol–water partition coefficient (Wildman–Crippen LogP) is -0.112. The summed E-state index contributed by atoms with van der Waals surface area (Å²) in [5, 5.41) is 0. The van der Waals surface area contributed by atoms with Crippen molar-refractivity contribution in [3.8, 4) is 0 Å². The van der Waals surface area contributed by atoms with Gasteiger partial charge in [0.15, 0.2) is 0 Å². The average Bonchev–Trinajstić information content (AvgIpc) is 1.99. The van der Waals surface area contributed by atoms with Crippen molar-refractivity contribution in [2.75, 3.05) is 0 Å². The molecular formula is C7H7BrN2O3. The van der Waals surface area contributed by atoms with Crippen molar-refractivity contribution in [3.63, 3.8) is 0 Å².